The van der Waals surface area contributed by atoms with E-state index in [1.165, 1.54) is 0 Å². The lowest BCUT2D eigenvalue weighted by molar-refractivity contribution is 0.0353. The summed E-state index contributed by atoms with van der Waals surface area (Å²) in [6.07, 6.45) is 1.75. The van der Waals surface area contributed by atoms with Crippen molar-refractivity contribution in [1.29, 1.82) is 5.26 Å². The Balaban J connectivity index is 2.05. The Kier molecular flexibility index (Phi) is 4.95. The van der Waals surface area contributed by atoms with Crippen LogP contribution in [-0.4, -0.2) is 37.7 Å². The monoisotopic (exact) mass is 258 g/mol. The molecule has 3 heteroatoms. The molecule has 0 radical (unpaired) electrons. The summed E-state index contributed by atoms with van der Waals surface area (Å²) in [6.45, 7) is 6.68. The Morgan fingerprint density at radius 3 is 2.53 bits per heavy atom. The third kappa shape index (κ3) is 3.34. The summed E-state index contributed by atoms with van der Waals surface area (Å²) in [5.74, 6) is 0. The zero-order valence-electron chi connectivity index (χ0n) is 11.6. The predicted molar refractivity (Wildman–Crippen MR) is 75.9 cm³/mol. The lowest BCUT2D eigenvalue weighted by Crippen LogP contribution is -2.39. The van der Waals surface area contributed by atoms with Gasteiger partial charge in [-0.3, -0.25) is 4.90 Å². The van der Waals surface area contributed by atoms with Crippen molar-refractivity contribution in [3.8, 4) is 6.07 Å². The van der Waals surface area contributed by atoms with Crippen molar-refractivity contribution in [2.75, 3.05) is 32.8 Å². The molecule has 0 bridgehead atoms. The van der Waals surface area contributed by atoms with E-state index in [0.29, 0.717) is 0 Å². The van der Waals surface area contributed by atoms with E-state index < -0.39 is 0 Å². The van der Waals surface area contributed by atoms with Crippen LogP contribution in [0.15, 0.2) is 30.3 Å². The molecular weight excluding hydrogens is 236 g/mol. The molecule has 1 aromatic rings. The average molecular weight is 258 g/mol. The van der Waals surface area contributed by atoms with Crippen LogP contribution in [0.1, 0.15) is 25.3 Å². The molecule has 1 saturated heterocycles. The minimum atomic E-state index is -0.348. The Hall–Kier alpha value is -1.37. The topological polar surface area (TPSA) is 36.3 Å². The van der Waals surface area contributed by atoms with Crippen LogP contribution >= 0.6 is 0 Å². The molecule has 19 heavy (non-hydrogen) atoms. The van der Waals surface area contributed by atoms with E-state index in [4.69, 9.17) is 4.74 Å². The molecule has 0 amide bonds. The minimum absolute atomic E-state index is 0.348. The first kappa shape index (κ1) is 14.0. The molecule has 0 spiro atoms. The molecule has 1 aromatic carbocycles. The van der Waals surface area contributed by atoms with E-state index in [9.17, 15) is 5.26 Å². The molecule has 3 nitrogen and oxygen atoms in total. The van der Waals surface area contributed by atoms with Crippen molar-refractivity contribution in [3.63, 3.8) is 0 Å². The Bertz CT molecular complexity index is 420. The smallest absolute Gasteiger partial charge is 0.0831 e. The van der Waals surface area contributed by atoms with E-state index in [2.05, 4.69) is 30.0 Å². The summed E-state index contributed by atoms with van der Waals surface area (Å²) >= 11 is 0. The van der Waals surface area contributed by atoms with Crippen LogP contribution in [0.5, 0.6) is 0 Å². The number of hydrogen-bond donors (Lipinski definition) is 0. The summed E-state index contributed by atoms with van der Waals surface area (Å²) in [5, 5.41) is 9.67. The molecule has 0 N–H and O–H groups in total. The summed E-state index contributed by atoms with van der Waals surface area (Å²) in [5.41, 5.74) is 0.799. The fraction of sp³-hybridized carbons (Fsp3) is 0.562. The van der Waals surface area contributed by atoms with Gasteiger partial charge in [0.1, 0.15) is 0 Å². The maximum atomic E-state index is 9.67. The van der Waals surface area contributed by atoms with Gasteiger partial charge in [0.2, 0.25) is 0 Å². The van der Waals surface area contributed by atoms with Gasteiger partial charge in [-0.2, -0.15) is 5.26 Å². The van der Waals surface area contributed by atoms with Gasteiger partial charge < -0.3 is 4.74 Å². The molecule has 1 fully saturated rings. The van der Waals surface area contributed by atoms with Crippen LogP contribution < -0.4 is 0 Å². The molecule has 1 aliphatic heterocycles. The van der Waals surface area contributed by atoms with E-state index in [-0.39, 0.29) is 5.41 Å². The maximum absolute atomic E-state index is 9.67. The molecule has 1 heterocycles. The van der Waals surface area contributed by atoms with E-state index in [1.807, 2.05) is 18.2 Å². The number of morpholine rings is 1. The van der Waals surface area contributed by atoms with Crippen molar-refractivity contribution >= 4 is 0 Å². The number of rotatable bonds is 5. The Labute approximate surface area is 115 Å². The lowest BCUT2D eigenvalue weighted by Gasteiger charge is -2.31. The summed E-state index contributed by atoms with van der Waals surface area (Å²) < 4.78 is 5.36. The second kappa shape index (κ2) is 6.70. The third-order valence-corrected chi connectivity index (χ3v) is 4.10. The minimum Gasteiger partial charge on any atom is -0.379 e. The zero-order chi connectivity index (χ0) is 13.6. The van der Waals surface area contributed by atoms with Gasteiger partial charge in [-0.25, -0.2) is 0 Å². The summed E-state index contributed by atoms with van der Waals surface area (Å²) in [6, 6.07) is 12.8. The van der Waals surface area contributed by atoms with Crippen molar-refractivity contribution in [1.82, 2.24) is 4.90 Å². The van der Waals surface area contributed by atoms with Crippen LogP contribution in [0.25, 0.3) is 0 Å². The normalized spacial score (nSPS) is 19.6. The second-order valence-corrected chi connectivity index (χ2v) is 5.12. The van der Waals surface area contributed by atoms with Crippen LogP contribution in [0.4, 0.5) is 0 Å². The first-order valence-corrected chi connectivity index (χ1v) is 7.07. The Morgan fingerprint density at radius 2 is 1.95 bits per heavy atom. The standard InChI is InChI=1S/C16H22N2O/c1-2-16(14-17,15-6-4-3-5-7-15)8-9-18-10-12-19-13-11-18/h3-7H,2,8-13H2,1H3. The quantitative estimate of drug-likeness (QED) is 0.814. The van der Waals surface area contributed by atoms with Gasteiger partial charge in [0.05, 0.1) is 24.7 Å². The van der Waals surface area contributed by atoms with Crippen molar-refractivity contribution in [2.24, 2.45) is 0 Å². The predicted octanol–water partition coefficient (Wildman–Crippen LogP) is 2.58. The highest BCUT2D eigenvalue weighted by atomic mass is 16.5. The van der Waals surface area contributed by atoms with Gasteiger partial charge in [-0.1, -0.05) is 37.3 Å². The van der Waals surface area contributed by atoms with Crippen molar-refractivity contribution in [3.05, 3.63) is 35.9 Å². The lowest BCUT2D eigenvalue weighted by atomic mass is 9.76. The molecule has 0 aromatic heterocycles. The molecular formula is C16H22N2O. The molecule has 1 aliphatic rings. The summed E-state index contributed by atoms with van der Waals surface area (Å²) in [7, 11) is 0. The zero-order valence-corrected chi connectivity index (χ0v) is 11.6. The van der Waals surface area contributed by atoms with E-state index in [1.54, 1.807) is 0 Å². The first-order chi connectivity index (χ1) is 9.30. The highest BCUT2D eigenvalue weighted by Crippen LogP contribution is 2.31. The van der Waals surface area contributed by atoms with Crippen LogP contribution in [-0.2, 0) is 10.2 Å². The maximum Gasteiger partial charge on any atom is 0.0831 e. The highest BCUT2D eigenvalue weighted by molar-refractivity contribution is 5.32. The van der Waals surface area contributed by atoms with Gasteiger partial charge in [-0.05, 0) is 18.4 Å². The highest BCUT2D eigenvalue weighted by Gasteiger charge is 2.30. The molecule has 0 saturated carbocycles. The molecule has 2 rings (SSSR count). The fourth-order valence-corrected chi connectivity index (χ4v) is 2.66. The third-order valence-electron chi connectivity index (χ3n) is 4.10. The number of nitrogens with zero attached hydrogens (tertiary/aromatic N) is 2. The SMILES string of the molecule is CCC(C#N)(CCN1CCOCC1)c1ccccc1. The van der Waals surface area contributed by atoms with E-state index in [0.717, 1.165) is 51.3 Å². The van der Waals surface area contributed by atoms with Gasteiger partial charge in [0, 0.05) is 19.6 Å². The number of benzene rings is 1. The van der Waals surface area contributed by atoms with Gasteiger partial charge in [0.25, 0.3) is 0 Å². The average Bonchev–Trinajstić information content (AvgIpc) is 2.51. The summed E-state index contributed by atoms with van der Waals surface area (Å²) in [4.78, 5) is 2.40. The largest absolute Gasteiger partial charge is 0.379 e. The van der Waals surface area contributed by atoms with Gasteiger partial charge >= 0.3 is 0 Å². The van der Waals surface area contributed by atoms with Crippen molar-refractivity contribution in [2.45, 2.75) is 25.2 Å². The fourth-order valence-electron chi connectivity index (χ4n) is 2.66. The van der Waals surface area contributed by atoms with Crippen LogP contribution in [0, 0.1) is 11.3 Å². The number of hydrogen-bond acceptors (Lipinski definition) is 3. The van der Waals surface area contributed by atoms with Gasteiger partial charge in [-0.15, -0.1) is 0 Å². The molecule has 102 valence electrons. The Morgan fingerprint density at radius 1 is 1.26 bits per heavy atom. The number of ether oxygens (including phenoxy) is 1. The van der Waals surface area contributed by atoms with Gasteiger partial charge in [0.15, 0.2) is 0 Å². The van der Waals surface area contributed by atoms with E-state index >= 15 is 0 Å². The van der Waals surface area contributed by atoms with Crippen LogP contribution in [0.3, 0.4) is 0 Å². The van der Waals surface area contributed by atoms with Crippen molar-refractivity contribution < 1.29 is 4.74 Å². The number of nitriles is 1. The second-order valence-electron chi connectivity index (χ2n) is 5.12. The van der Waals surface area contributed by atoms with Crippen LogP contribution in [0.2, 0.25) is 0 Å². The first-order valence-electron chi connectivity index (χ1n) is 7.07. The molecule has 1 atom stereocenters. The molecule has 1 unspecified atom stereocenters. The molecule has 0 aliphatic carbocycles.